The van der Waals surface area contributed by atoms with Crippen molar-refractivity contribution >= 4 is 57.2 Å². The lowest BCUT2D eigenvalue weighted by molar-refractivity contribution is 0.476. The SMILES string of the molecule is N#CC(C#N)=c1c(Cl)c/c(=C\c2cc(Cl)c(O)c(Cl)c2)c2ccccc12. The highest BCUT2D eigenvalue weighted by molar-refractivity contribution is 6.37. The van der Waals surface area contributed by atoms with Gasteiger partial charge in [0.1, 0.15) is 17.7 Å². The fourth-order valence-electron chi connectivity index (χ4n) is 2.73. The molecule has 0 aliphatic heterocycles. The second-order valence-corrected chi connectivity index (χ2v) is 6.67. The fourth-order valence-corrected chi connectivity index (χ4v) is 3.54. The summed E-state index contributed by atoms with van der Waals surface area (Å²) in [6.07, 6.45) is 1.81. The van der Waals surface area contributed by atoms with E-state index in [-0.39, 0.29) is 21.4 Å². The third-order valence-corrected chi connectivity index (χ3v) is 4.74. The number of hydrogen-bond donors (Lipinski definition) is 1. The van der Waals surface area contributed by atoms with E-state index in [0.717, 1.165) is 10.6 Å². The van der Waals surface area contributed by atoms with E-state index in [0.29, 0.717) is 21.2 Å². The van der Waals surface area contributed by atoms with Crippen LogP contribution in [-0.2, 0) is 0 Å². The normalized spacial score (nSPS) is 11.2. The lowest BCUT2D eigenvalue weighted by Gasteiger charge is -2.05. The summed E-state index contributed by atoms with van der Waals surface area (Å²) < 4.78 is 0. The third-order valence-electron chi connectivity index (χ3n) is 3.86. The number of benzene rings is 3. The van der Waals surface area contributed by atoms with E-state index in [2.05, 4.69) is 0 Å². The third kappa shape index (κ3) is 3.21. The predicted octanol–water partition coefficient (Wildman–Crippen LogP) is 4.53. The number of nitriles is 2. The summed E-state index contributed by atoms with van der Waals surface area (Å²) in [7, 11) is 0. The molecule has 0 heterocycles. The van der Waals surface area contributed by atoms with Crippen molar-refractivity contribution in [2.75, 3.05) is 0 Å². The first-order chi connectivity index (χ1) is 12.5. The lowest BCUT2D eigenvalue weighted by Crippen LogP contribution is -2.15. The van der Waals surface area contributed by atoms with Crippen LogP contribution in [0.25, 0.3) is 22.4 Å². The summed E-state index contributed by atoms with van der Waals surface area (Å²) in [5, 5.41) is 31.4. The Hall–Kier alpha value is -2.69. The van der Waals surface area contributed by atoms with Gasteiger partial charge in [-0.25, -0.2) is 0 Å². The van der Waals surface area contributed by atoms with Crippen molar-refractivity contribution in [3.05, 3.63) is 73.5 Å². The maximum atomic E-state index is 9.70. The zero-order valence-electron chi connectivity index (χ0n) is 13.1. The van der Waals surface area contributed by atoms with E-state index in [9.17, 15) is 15.6 Å². The number of rotatable bonds is 1. The van der Waals surface area contributed by atoms with Crippen LogP contribution >= 0.6 is 34.8 Å². The molecule has 1 N–H and O–H groups in total. The molecule has 0 atom stereocenters. The quantitative estimate of drug-likeness (QED) is 0.653. The smallest absolute Gasteiger partial charge is 0.152 e. The number of fused-ring (bicyclic) bond motifs is 1. The van der Waals surface area contributed by atoms with Gasteiger partial charge in [0.05, 0.1) is 15.1 Å². The molecule has 0 spiro atoms. The maximum Gasteiger partial charge on any atom is 0.152 e. The molecule has 26 heavy (non-hydrogen) atoms. The van der Waals surface area contributed by atoms with Crippen molar-refractivity contribution in [3.63, 3.8) is 0 Å². The van der Waals surface area contributed by atoms with Crippen LogP contribution in [0.2, 0.25) is 15.1 Å². The summed E-state index contributed by atoms with van der Waals surface area (Å²) in [6.45, 7) is 0. The number of hydrogen-bond acceptors (Lipinski definition) is 3. The van der Waals surface area contributed by atoms with Crippen LogP contribution in [-0.4, -0.2) is 5.11 Å². The lowest BCUT2D eigenvalue weighted by atomic mass is 10.0. The molecule has 0 aromatic heterocycles. The van der Waals surface area contributed by atoms with Crippen LogP contribution < -0.4 is 10.4 Å². The Morgan fingerprint density at radius 1 is 0.885 bits per heavy atom. The van der Waals surface area contributed by atoms with Crippen LogP contribution in [0.5, 0.6) is 5.75 Å². The van der Waals surface area contributed by atoms with Gasteiger partial charge in [-0.15, -0.1) is 0 Å². The fraction of sp³-hybridized carbons (Fsp3) is 0. The van der Waals surface area contributed by atoms with E-state index in [1.165, 1.54) is 0 Å². The molecule has 0 radical (unpaired) electrons. The van der Waals surface area contributed by atoms with Gasteiger partial charge in [-0.2, -0.15) is 10.5 Å². The van der Waals surface area contributed by atoms with Gasteiger partial charge in [0.2, 0.25) is 0 Å². The van der Waals surface area contributed by atoms with E-state index in [1.54, 1.807) is 24.3 Å². The molecule has 126 valence electrons. The van der Waals surface area contributed by atoms with Gasteiger partial charge >= 0.3 is 0 Å². The number of phenolic OH excluding ortho intramolecular Hbond substituents is 1. The van der Waals surface area contributed by atoms with Gasteiger partial charge in [0, 0.05) is 5.22 Å². The van der Waals surface area contributed by atoms with E-state index in [4.69, 9.17) is 34.8 Å². The Morgan fingerprint density at radius 3 is 2.04 bits per heavy atom. The van der Waals surface area contributed by atoms with Crippen molar-refractivity contribution < 1.29 is 5.11 Å². The second kappa shape index (κ2) is 7.28. The molecule has 0 aliphatic carbocycles. The topological polar surface area (TPSA) is 67.8 Å². The van der Waals surface area contributed by atoms with Gasteiger partial charge < -0.3 is 5.11 Å². The Morgan fingerprint density at radius 2 is 1.46 bits per heavy atom. The molecular formula is C20H9Cl3N2O. The molecule has 3 rings (SSSR count). The molecular weight excluding hydrogens is 391 g/mol. The minimum Gasteiger partial charge on any atom is -0.505 e. The monoisotopic (exact) mass is 398 g/mol. The molecule has 0 amide bonds. The molecule has 0 fully saturated rings. The molecule has 6 heteroatoms. The molecule has 3 nitrogen and oxygen atoms in total. The summed E-state index contributed by atoms with van der Waals surface area (Å²) in [5.41, 5.74) is 0.630. The standard InChI is InChI=1S/C20H9Cl3N2O/c21-16-8-12(5-11-6-17(22)20(26)18(23)7-11)14-3-1-2-4-15(14)19(16)13(9-24)10-25/h1-8,26H/b12-5+. The zero-order chi connectivity index (χ0) is 18.8. The highest BCUT2D eigenvalue weighted by Gasteiger charge is 2.09. The summed E-state index contributed by atoms with van der Waals surface area (Å²) >= 11 is 18.3. The summed E-state index contributed by atoms with van der Waals surface area (Å²) in [4.78, 5) is 0. The van der Waals surface area contributed by atoms with Crippen molar-refractivity contribution in [1.82, 2.24) is 0 Å². The Kier molecular flexibility index (Phi) is 5.07. The van der Waals surface area contributed by atoms with Crippen LogP contribution in [0.1, 0.15) is 5.56 Å². The Bertz CT molecular complexity index is 1210. The first-order valence-corrected chi connectivity index (χ1v) is 8.51. The minimum absolute atomic E-state index is 0.0477. The highest BCUT2D eigenvalue weighted by atomic mass is 35.5. The molecule has 0 unspecified atom stereocenters. The van der Waals surface area contributed by atoms with Gasteiger partial charge in [-0.05, 0) is 45.8 Å². The van der Waals surface area contributed by atoms with Crippen LogP contribution in [0.3, 0.4) is 0 Å². The Labute approximate surface area is 164 Å². The van der Waals surface area contributed by atoms with Crippen molar-refractivity contribution in [1.29, 1.82) is 10.5 Å². The van der Waals surface area contributed by atoms with Crippen LogP contribution in [0, 0.1) is 22.7 Å². The van der Waals surface area contributed by atoms with Crippen molar-refractivity contribution in [2.45, 2.75) is 0 Å². The number of halogens is 3. The van der Waals surface area contributed by atoms with Crippen molar-refractivity contribution in [2.24, 2.45) is 0 Å². The first kappa shape index (κ1) is 18.1. The molecule has 3 aromatic rings. The van der Waals surface area contributed by atoms with Gasteiger partial charge in [-0.1, -0.05) is 59.1 Å². The average Bonchev–Trinajstić information content (AvgIpc) is 2.63. The maximum absolute atomic E-state index is 9.70. The van der Waals surface area contributed by atoms with Gasteiger partial charge in [-0.3, -0.25) is 0 Å². The number of aromatic hydroxyl groups is 1. The summed E-state index contributed by atoms with van der Waals surface area (Å²) in [5.74, 6) is -0.175. The summed E-state index contributed by atoms with van der Waals surface area (Å²) in [6, 6.07) is 16.0. The Balaban J connectivity index is 2.45. The molecule has 0 aliphatic rings. The van der Waals surface area contributed by atoms with Gasteiger partial charge in [0.15, 0.2) is 5.75 Å². The van der Waals surface area contributed by atoms with Crippen LogP contribution in [0.4, 0.5) is 0 Å². The second-order valence-electron chi connectivity index (χ2n) is 5.44. The van der Waals surface area contributed by atoms with Gasteiger partial charge in [0.25, 0.3) is 0 Å². The number of phenols is 1. The zero-order valence-corrected chi connectivity index (χ0v) is 15.4. The van der Waals surface area contributed by atoms with E-state index >= 15 is 0 Å². The number of nitrogens with zero attached hydrogens (tertiary/aromatic N) is 2. The molecule has 3 aromatic carbocycles. The van der Waals surface area contributed by atoms with Crippen LogP contribution in [0.15, 0.2) is 42.5 Å². The molecule has 0 saturated heterocycles. The van der Waals surface area contributed by atoms with E-state index < -0.39 is 0 Å². The highest BCUT2D eigenvalue weighted by Crippen LogP contribution is 2.32. The first-order valence-electron chi connectivity index (χ1n) is 7.37. The van der Waals surface area contributed by atoms with Crippen molar-refractivity contribution in [3.8, 4) is 17.9 Å². The average molecular weight is 400 g/mol. The predicted molar refractivity (Wildman–Crippen MR) is 105 cm³/mol. The van der Waals surface area contributed by atoms with E-state index in [1.807, 2.05) is 36.4 Å². The minimum atomic E-state index is -0.175. The molecule has 0 bridgehead atoms. The molecule has 0 saturated carbocycles. The largest absolute Gasteiger partial charge is 0.505 e.